The van der Waals surface area contributed by atoms with Crippen LogP contribution in [0, 0.1) is 12.8 Å². The van der Waals surface area contributed by atoms with Gasteiger partial charge in [-0.05, 0) is 55.7 Å². The predicted octanol–water partition coefficient (Wildman–Crippen LogP) is 4.42. The van der Waals surface area contributed by atoms with Crippen molar-refractivity contribution in [2.75, 3.05) is 30.3 Å². The van der Waals surface area contributed by atoms with E-state index in [0.29, 0.717) is 34.5 Å². The third kappa shape index (κ3) is 4.61. The number of carbonyl (C=O) groups is 1. The first-order valence-corrected chi connectivity index (χ1v) is 10.7. The van der Waals surface area contributed by atoms with Gasteiger partial charge in [0.05, 0.1) is 5.56 Å². The Morgan fingerprint density at radius 2 is 2.16 bits per heavy atom. The summed E-state index contributed by atoms with van der Waals surface area (Å²) in [6.07, 6.45) is 2.67. The van der Waals surface area contributed by atoms with Crippen LogP contribution in [0.25, 0.3) is 11.3 Å². The van der Waals surface area contributed by atoms with Crippen molar-refractivity contribution in [1.82, 2.24) is 15.3 Å². The lowest BCUT2D eigenvalue weighted by Gasteiger charge is -2.35. The third-order valence-corrected chi connectivity index (χ3v) is 5.52. The molecular weight excluding hydrogens is 390 g/mol. The Morgan fingerprint density at radius 3 is 2.87 bits per heavy atom. The Kier molecular flexibility index (Phi) is 6.04. The van der Waals surface area contributed by atoms with Gasteiger partial charge >= 0.3 is 0 Å². The number of pyridine rings is 2. The van der Waals surface area contributed by atoms with Gasteiger partial charge in [-0.2, -0.15) is 0 Å². The maximum absolute atomic E-state index is 13.5. The van der Waals surface area contributed by atoms with Gasteiger partial charge < -0.3 is 20.4 Å². The van der Waals surface area contributed by atoms with E-state index in [-0.39, 0.29) is 15.9 Å². The van der Waals surface area contributed by atoms with Gasteiger partial charge in [-0.15, -0.1) is 0 Å². The van der Waals surface area contributed by atoms with Gasteiger partial charge in [0.25, 0.3) is 0 Å². The number of furan rings is 1. The fraction of sp³-hybridized carbons (Fsp3) is 0.375. The quantitative estimate of drug-likeness (QED) is 0.564. The average molecular weight is 426 g/mol. The average Bonchev–Trinajstić information content (AvgIpc) is 3.19. The van der Waals surface area contributed by atoms with Gasteiger partial charge in [0, 0.05) is 41.7 Å². The van der Waals surface area contributed by atoms with E-state index < -0.39 is 0 Å². The molecule has 0 aromatic carbocycles. The van der Waals surface area contributed by atoms with Crippen LogP contribution < -0.4 is 16.0 Å². The SMILES string of the molecule is Cc1ccc(-c2ccc(N3CCN[C@@H](CC(C)C)C3)nc2C(=O)c2cccnc2N)o1.[HH].[HH].[HH]. The molecule has 1 aliphatic heterocycles. The number of nitrogen functional groups attached to an aromatic ring is 1. The topological polar surface area (TPSA) is 97.3 Å². The van der Waals surface area contributed by atoms with Gasteiger partial charge in [-0.25, -0.2) is 9.97 Å². The Balaban J connectivity index is 0.00000193. The maximum atomic E-state index is 13.5. The number of aromatic nitrogens is 2. The monoisotopic (exact) mass is 425 g/mol. The van der Waals surface area contributed by atoms with Crippen LogP contribution in [-0.2, 0) is 0 Å². The highest BCUT2D eigenvalue weighted by Crippen LogP contribution is 2.30. The van der Waals surface area contributed by atoms with E-state index in [1.54, 1.807) is 18.3 Å². The van der Waals surface area contributed by atoms with Crippen molar-refractivity contribution in [3.05, 3.63) is 59.6 Å². The fourth-order valence-corrected chi connectivity index (χ4v) is 4.07. The zero-order valence-electron chi connectivity index (χ0n) is 18.3. The number of rotatable bonds is 6. The lowest BCUT2D eigenvalue weighted by molar-refractivity contribution is 0.103. The summed E-state index contributed by atoms with van der Waals surface area (Å²) in [6.45, 7) is 8.91. The number of hydrogen-bond acceptors (Lipinski definition) is 7. The second kappa shape index (κ2) is 8.89. The van der Waals surface area contributed by atoms with Crippen LogP contribution >= 0.6 is 0 Å². The highest BCUT2D eigenvalue weighted by molar-refractivity contribution is 6.13. The fourth-order valence-electron chi connectivity index (χ4n) is 4.07. The van der Waals surface area contributed by atoms with Gasteiger partial charge in [-0.1, -0.05) is 13.8 Å². The molecule has 7 heteroatoms. The number of ketones is 1. The van der Waals surface area contributed by atoms with Crippen LogP contribution in [0.1, 0.15) is 46.4 Å². The van der Waals surface area contributed by atoms with Crippen LogP contribution in [-0.4, -0.2) is 41.4 Å². The molecule has 1 atom stereocenters. The third-order valence-electron chi connectivity index (χ3n) is 5.52. The molecule has 3 aromatic heterocycles. The molecule has 1 fully saturated rings. The summed E-state index contributed by atoms with van der Waals surface area (Å²) in [7, 11) is 0. The van der Waals surface area contributed by atoms with Crippen LogP contribution in [0.15, 0.2) is 47.0 Å². The Bertz CT molecular complexity index is 1090. The smallest absolute Gasteiger partial charge is 0.215 e. The summed E-state index contributed by atoms with van der Waals surface area (Å²) in [6, 6.07) is 11.4. The van der Waals surface area contributed by atoms with Crippen LogP contribution in [0.2, 0.25) is 0 Å². The maximum Gasteiger partial charge on any atom is 0.215 e. The number of nitrogens with one attached hydrogen (secondary N) is 1. The Labute approximate surface area is 187 Å². The van der Waals surface area contributed by atoms with Crippen molar-refractivity contribution in [3.63, 3.8) is 0 Å². The molecule has 168 valence electrons. The number of nitrogens with two attached hydrogens (primary N) is 1. The molecule has 3 N–H and O–H groups in total. The molecule has 0 radical (unpaired) electrons. The van der Waals surface area contributed by atoms with Crippen molar-refractivity contribution in [3.8, 4) is 11.3 Å². The number of aryl methyl sites for hydroxylation is 1. The minimum atomic E-state index is -0.259. The highest BCUT2D eigenvalue weighted by atomic mass is 16.3. The number of nitrogens with zero attached hydrogens (tertiary/aromatic N) is 3. The van der Waals surface area contributed by atoms with E-state index in [4.69, 9.17) is 15.1 Å². The first kappa shape index (κ1) is 21.1. The Morgan fingerprint density at radius 1 is 1.32 bits per heavy atom. The highest BCUT2D eigenvalue weighted by Gasteiger charge is 2.25. The van der Waals surface area contributed by atoms with E-state index in [0.717, 1.165) is 37.6 Å². The molecule has 0 bridgehead atoms. The molecule has 0 saturated carbocycles. The van der Waals surface area contributed by atoms with E-state index in [9.17, 15) is 4.79 Å². The zero-order chi connectivity index (χ0) is 22.0. The summed E-state index contributed by atoms with van der Waals surface area (Å²) in [5.74, 6) is 2.72. The van der Waals surface area contributed by atoms with Gasteiger partial charge in [0.15, 0.2) is 0 Å². The molecule has 3 aromatic rings. The molecule has 7 nitrogen and oxygen atoms in total. The lowest BCUT2D eigenvalue weighted by atomic mass is 10.0. The normalized spacial score (nSPS) is 16.6. The molecule has 0 aliphatic carbocycles. The van der Waals surface area contributed by atoms with Gasteiger partial charge in [-0.3, -0.25) is 4.79 Å². The largest absolute Gasteiger partial charge is 0.461 e. The van der Waals surface area contributed by atoms with Crippen molar-refractivity contribution >= 4 is 17.4 Å². The van der Waals surface area contributed by atoms with Gasteiger partial charge in [0.2, 0.25) is 5.78 Å². The number of anilines is 2. The summed E-state index contributed by atoms with van der Waals surface area (Å²) >= 11 is 0. The minimum Gasteiger partial charge on any atom is -0.461 e. The first-order chi connectivity index (χ1) is 14.9. The lowest BCUT2D eigenvalue weighted by Crippen LogP contribution is -2.51. The molecule has 0 spiro atoms. The van der Waals surface area contributed by atoms with Crippen molar-refractivity contribution in [1.29, 1.82) is 0 Å². The second-order valence-electron chi connectivity index (χ2n) is 8.47. The van der Waals surface area contributed by atoms with E-state index in [1.165, 1.54) is 0 Å². The van der Waals surface area contributed by atoms with Crippen LogP contribution in [0.3, 0.4) is 0 Å². The summed E-state index contributed by atoms with van der Waals surface area (Å²) in [5.41, 5.74) is 7.31. The van der Waals surface area contributed by atoms with E-state index >= 15 is 0 Å². The number of piperazine rings is 1. The van der Waals surface area contributed by atoms with E-state index in [2.05, 4.69) is 29.0 Å². The Hall–Kier alpha value is -3.19. The summed E-state index contributed by atoms with van der Waals surface area (Å²) < 4.78 is 5.81. The molecule has 31 heavy (non-hydrogen) atoms. The first-order valence-electron chi connectivity index (χ1n) is 10.7. The molecule has 1 saturated heterocycles. The van der Waals surface area contributed by atoms with Crippen molar-refractivity contribution in [2.45, 2.75) is 33.2 Å². The van der Waals surface area contributed by atoms with Crippen molar-refractivity contribution < 1.29 is 13.5 Å². The molecule has 0 unspecified atom stereocenters. The molecular formula is C24H35N5O2. The summed E-state index contributed by atoms with van der Waals surface area (Å²) in [5, 5.41) is 3.58. The molecule has 0 amide bonds. The predicted molar refractivity (Wildman–Crippen MR) is 129 cm³/mol. The minimum absolute atomic E-state index is 0. The zero-order valence-corrected chi connectivity index (χ0v) is 18.3. The van der Waals surface area contributed by atoms with Crippen LogP contribution in [0.5, 0.6) is 0 Å². The van der Waals surface area contributed by atoms with E-state index in [1.807, 2.05) is 31.2 Å². The standard InChI is InChI=1S/C24H29N5O2.3H2/c1-15(2)13-17-14-29(12-11-26-17)21-9-7-18(20-8-6-16(3)31-20)22(28-21)23(30)19-5-4-10-27-24(19)25;;;/h4-10,15,17,26H,11-14H2,1-3H3,(H2,25,27);3*1H/t17-;;;/m0.../s1. The van der Waals surface area contributed by atoms with Gasteiger partial charge in [0.1, 0.15) is 28.9 Å². The molecule has 4 heterocycles. The van der Waals surface area contributed by atoms with Crippen LogP contribution in [0.4, 0.5) is 11.6 Å². The number of carbonyl (C=O) groups excluding carboxylic acids is 1. The molecule has 1 aliphatic rings. The van der Waals surface area contributed by atoms with Crippen molar-refractivity contribution in [2.24, 2.45) is 5.92 Å². The molecule has 4 rings (SSSR count). The number of hydrogen-bond donors (Lipinski definition) is 2. The second-order valence-corrected chi connectivity index (χ2v) is 8.47. The summed E-state index contributed by atoms with van der Waals surface area (Å²) in [4.78, 5) is 24.6.